The minimum atomic E-state index is 0.328. The average molecular weight is 233 g/mol. The SMILES string of the molecule is CNc1cc(C2CC2)nc(CC2CCCO2)n1. The first-order valence-corrected chi connectivity index (χ1v) is 6.52. The standard InChI is InChI=1S/C13H19N3O/c1-14-12-8-11(9-4-5-9)15-13(16-12)7-10-3-2-6-17-10/h8-10H,2-7H2,1H3,(H,14,15,16). The number of nitrogens with one attached hydrogen (secondary N) is 1. The fourth-order valence-electron chi connectivity index (χ4n) is 2.33. The molecular formula is C13H19N3O. The Balaban J connectivity index is 1.78. The number of ether oxygens (including phenoxy) is 1. The summed E-state index contributed by atoms with van der Waals surface area (Å²) in [6.45, 7) is 0.895. The molecule has 1 aromatic rings. The first-order chi connectivity index (χ1) is 8.35. The largest absolute Gasteiger partial charge is 0.378 e. The van der Waals surface area contributed by atoms with E-state index in [9.17, 15) is 0 Å². The maximum atomic E-state index is 5.65. The molecule has 0 aromatic carbocycles. The first-order valence-electron chi connectivity index (χ1n) is 6.52. The fraction of sp³-hybridized carbons (Fsp3) is 0.692. The van der Waals surface area contributed by atoms with Gasteiger partial charge in [0, 0.05) is 37.8 Å². The molecule has 2 aliphatic rings. The third-order valence-corrected chi connectivity index (χ3v) is 3.48. The van der Waals surface area contributed by atoms with Crippen molar-refractivity contribution in [3.05, 3.63) is 17.6 Å². The second-order valence-corrected chi connectivity index (χ2v) is 4.96. The van der Waals surface area contributed by atoms with Crippen LogP contribution >= 0.6 is 0 Å². The number of rotatable bonds is 4. The Bertz CT molecular complexity index is 398. The highest BCUT2D eigenvalue weighted by Crippen LogP contribution is 2.39. The van der Waals surface area contributed by atoms with Crippen molar-refractivity contribution in [3.63, 3.8) is 0 Å². The summed E-state index contributed by atoms with van der Waals surface area (Å²) in [6.07, 6.45) is 6.06. The lowest BCUT2D eigenvalue weighted by molar-refractivity contribution is 0.110. The van der Waals surface area contributed by atoms with E-state index in [-0.39, 0.29) is 0 Å². The van der Waals surface area contributed by atoms with Crippen LogP contribution < -0.4 is 5.32 Å². The second kappa shape index (κ2) is 4.61. The van der Waals surface area contributed by atoms with Gasteiger partial charge in [-0.3, -0.25) is 0 Å². The van der Waals surface area contributed by atoms with Gasteiger partial charge < -0.3 is 10.1 Å². The Morgan fingerprint density at radius 1 is 1.35 bits per heavy atom. The highest BCUT2D eigenvalue weighted by Gasteiger charge is 2.26. The van der Waals surface area contributed by atoms with E-state index in [1.165, 1.54) is 25.0 Å². The Kier molecular flexibility index (Phi) is 2.97. The van der Waals surface area contributed by atoms with Crippen molar-refractivity contribution in [2.45, 2.75) is 44.1 Å². The third kappa shape index (κ3) is 2.57. The van der Waals surface area contributed by atoms with Crippen LogP contribution in [0.5, 0.6) is 0 Å². The van der Waals surface area contributed by atoms with Gasteiger partial charge in [0.2, 0.25) is 0 Å². The van der Waals surface area contributed by atoms with E-state index in [0.29, 0.717) is 12.0 Å². The summed E-state index contributed by atoms with van der Waals surface area (Å²) >= 11 is 0. The molecule has 0 amide bonds. The van der Waals surface area contributed by atoms with Crippen LogP contribution in [0.4, 0.5) is 5.82 Å². The van der Waals surface area contributed by atoms with Crippen molar-refractivity contribution in [3.8, 4) is 0 Å². The number of hydrogen-bond acceptors (Lipinski definition) is 4. The van der Waals surface area contributed by atoms with Gasteiger partial charge in [-0.15, -0.1) is 0 Å². The fourth-order valence-corrected chi connectivity index (χ4v) is 2.33. The molecule has 0 radical (unpaired) electrons. The molecule has 0 spiro atoms. The maximum absolute atomic E-state index is 5.65. The van der Waals surface area contributed by atoms with Crippen LogP contribution in [0.25, 0.3) is 0 Å². The Morgan fingerprint density at radius 3 is 2.88 bits per heavy atom. The third-order valence-electron chi connectivity index (χ3n) is 3.48. The van der Waals surface area contributed by atoms with Crippen molar-refractivity contribution in [2.75, 3.05) is 19.0 Å². The summed E-state index contributed by atoms with van der Waals surface area (Å²) in [5.74, 6) is 2.55. The lowest BCUT2D eigenvalue weighted by atomic mass is 10.1. The number of anilines is 1. The van der Waals surface area contributed by atoms with E-state index in [2.05, 4.69) is 21.4 Å². The van der Waals surface area contributed by atoms with Crippen LogP contribution in [0.3, 0.4) is 0 Å². The van der Waals surface area contributed by atoms with E-state index < -0.39 is 0 Å². The summed E-state index contributed by atoms with van der Waals surface area (Å²) < 4.78 is 5.65. The Labute approximate surface area is 102 Å². The molecule has 1 N–H and O–H groups in total. The minimum absolute atomic E-state index is 0.328. The lowest BCUT2D eigenvalue weighted by Crippen LogP contribution is -2.13. The molecule has 0 bridgehead atoms. The highest BCUT2D eigenvalue weighted by atomic mass is 16.5. The summed E-state index contributed by atoms with van der Waals surface area (Å²) in [4.78, 5) is 9.20. The van der Waals surface area contributed by atoms with Crippen molar-refractivity contribution in [1.82, 2.24) is 9.97 Å². The topological polar surface area (TPSA) is 47.0 Å². The molecule has 2 heterocycles. The van der Waals surface area contributed by atoms with Gasteiger partial charge in [-0.25, -0.2) is 9.97 Å². The first kappa shape index (κ1) is 11.0. The maximum Gasteiger partial charge on any atom is 0.133 e. The van der Waals surface area contributed by atoms with Crippen molar-refractivity contribution < 1.29 is 4.74 Å². The number of aromatic nitrogens is 2. The molecule has 1 aromatic heterocycles. The molecule has 4 nitrogen and oxygen atoms in total. The molecule has 3 rings (SSSR count). The van der Waals surface area contributed by atoms with Gasteiger partial charge in [0.1, 0.15) is 11.6 Å². The van der Waals surface area contributed by atoms with E-state index in [0.717, 1.165) is 31.1 Å². The molecule has 1 saturated heterocycles. The van der Waals surface area contributed by atoms with Crippen LogP contribution in [0, 0.1) is 0 Å². The molecule has 17 heavy (non-hydrogen) atoms. The van der Waals surface area contributed by atoms with Crippen molar-refractivity contribution in [2.24, 2.45) is 0 Å². The zero-order valence-electron chi connectivity index (χ0n) is 10.3. The Morgan fingerprint density at radius 2 is 2.24 bits per heavy atom. The quantitative estimate of drug-likeness (QED) is 0.865. The highest BCUT2D eigenvalue weighted by molar-refractivity contribution is 5.37. The second-order valence-electron chi connectivity index (χ2n) is 4.96. The molecule has 2 fully saturated rings. The van der Waals surface area contributed by atoms with E-state index in [1.54, 1.807) is 0 Å². The van der Waals surface area contributed by atoms with Crippen LogP contribution in [0.1, 0.15) is 43.1 Å². The van der Waals surface area contributed by atoms with Gasteiger partial charge in [0.05, 0.1) is 6.10 Å². The van der Waals surface area contributed by atoms with E-state index in [4.69, 9.17) is 4.74 Å². The number of nitrogens with zero attached hydrogens (tertiary/aromatic N) is 2. The molecule has 92 valence electrons. The predicted molar refractivity (Wildman–Crippen MR) is 66.2 cm³/mol. The van der Waals surface area contributed by atoms with Gasteiger partial charge >= 0.3 is 0 Å². The molecule has 1 unspecified atom stereocenters. The molecular weight excluding hydrogens is 214 g/mol. The van der Waals surface area contributed by atoms with E-state index in [1.807, 2.05) is 7.05 Å². The Hall–Kier alpha value is -1.16. The van der Waals surface area contributed by atoms with Crippen LogP contribution in [-0.4, -0.2) is 29.7 Å². The van der Waals surface area contributed by atoms with Gasteiger partial charge in [0.25, 0.3) is 0 Å². The molecule has 1 aliphatic carbocycles. The van der Waals surface area contributed by atoms with Gasteiger partial charge in [-0.1, -0.05) is 0 Å². The van der Waals surface area contributed by atoms with Crippen molar-refractivity contribution in [1.29, 1.82) is 0 Å². The average Bonchev–Trinajstić information content (AvgIpc) is 3.09. The molecule has 1 atom stereocenters. The molecule has 1 aliphatic heterocycles. The van der Waals surface area contributed by atoms with E-state index >= 15 is 0 Å². The number of hydrogen-bond donors (Lipinski definition) is 1. The summed E-state index contributed by atoms with van der Waals surface area (Å²) in [5.41, 5.74) is 1.21. The summed E-state index contributed by atoms with van der Waals surface area (Å²) in [7, 11) is 1.91. The van der Waals surface area contributed by atoms with Gasteiger partial charge in [0.15, 0.2) is 0 Å². The zero-order chi connectivity index (χ0) is 11.7. The van der Waals surface area contributed by atoms with Gasteiger partial charge in [-0.2, -0.15) is 0 Å². The smallest absolute Gasteiger partial charge is 0.133 e. The lowest BCUT2D eigenvalue weighted by Gasteiger charge is -2.10. The predicted octanol–water partition coefficient (Wildman–Crippen LogP) is 2.12. The summed E-state index contributed by atoms with van der Waals surface area (Å²) in [6, 6.07) is 2.08. The molecule has 4 heteroatoms. The van der Waals surface area contributed by atoms with Crippen LogP contribution in [-0.2, 0) is 11.2 Å². The van der Waals surface area contributed by atoms with Crippen LogP contribution in [0.15, 0.2) is 6.07 Å². The van der Waals surface area contributed by atoms with Crippen molar-refractivity contribution >= 4 is 5.82 Å². The molecule has 1 saturated carbocycles. The zero-order valence-corrected chi connectivity index (χ0v) is 10.3. The normalized spacial score (nSPS) is 23.9. The van der Waals surface area contributed by atoms with Gasteiger partial charge in [-0.05, 0) is 25.7 Å². The summed E-state index contributed by atoms with van der Waals surface area (Å²) in [5, 5.41) is 3.12. The minimum Gasteiger partial charge on any atom is -0.378 e. The van der Waals surface area contributed by atoms with Crippen LogP contribution in [0.2, 0.25) is 0 Å². The monoisotopic (exact) mass is 233 g/mol.